The lowest BCUT2D eigenvalue weighted by Crippen LogP contribution is -2.40. The molecular weight excluding hydrogens is 434 g/mol. The summed E-state index contributed by atoms with van der Waals surface area (Å²) in [4.78, 5) is 30.3. The standard InChI is InChI=1S/C26H39N3O5/c1-32-23-9-8-20(16-24(23)33-2)17-25(31)29-26(27)28-21(14-18-6-4-3-5-7-18)22(30)15-19-10-12-34-13-11-19/h8-9,16,18-19,21H,3-7,10-15,17H2,1-2H3,(H3,27,28,29,31)/t21-/m1/s1. The smallest absolute Gasteiger partial charge is 0.231 e. The molecule has 0 bridgehead atoms. The van der Waals surface area contributed by atoms with Crippen LogP contribution in [0.15, 0.2) is 23.2 Å². The van der Waals surface area contributed by atoms with E-state index < -0.39 is 6.04 Å². The molecule has 1 amide bonds. The van der Waals surface area contributed by atoms with Gasteiger partial charge in [-0.2, -0.15) is 0 Å². The number of Topliss-reactive ketones (excluding diaryl/α,β-unsaturated/α-hetero) is 1. The number of guanidine groups is 1. The van der Waals surface area contributed by atoms with Crippen LogP contribution in [0.25, 0.3) is 0 Å². The summed E-state index contributed by atoms with van der Waals surface area (Å²) < 4.78 is 16.0. The van der Waals surface area contributed by atoms with Crippen LogP contribution in [0.1, 0.15) is 63.4 Å². The molecule has 2 fully saturated rings. The Kier molecular flexibility index (Phi) is 10.2. The monoisotopic (exact) mass is 473 g/mol. The molecule has 1 aromatic rings. The number of methoxy groups -OCH3 is 2. The number of amides is 1. The lowest BCUT2D eigenvalue weighted by atomic mass is 9.82. The molecule has 8 heteroatoms. The molecule has 3 N–H and O–H groups in total. The highest BCUT2D eigenvalue weighted by molar-refractivity contribution is 5.98. The zero-order valence-corrected chi connectivity index (χ0v) is 20.5. The van der Waals surface area contributed by atoms with Gasteiger partial charge in [0, 0.05) is 19.6 Å². The van der Waals surface area contributed by atoms with Crippen molar-refractivity contribution in [3.05, 3.63) is 23.8 Å². The van der Waals surface area contributed by atoms with Crippen molar-refractivity contribution in [2.75, 3.05) is 27.4 Å². The Morgan fingerprint density at radius 2 is 1.76 bits per heavy atom. The number of nitrogens with two attached hydrogens (primary N) is 1. The van der Waals surface area contributed by atoms with Crippen molar-refractivity contribution in [2.24, 2.45) is 22.6 Å². The summed E-state index contributed by atoms with van der Waals surface area (Å²) in [6, 6.07) is 4.81. The number of carbonyl (C=O) groups excluding carboxylic acids is 2. The lowest BCUT2D eigenvalue weighted by molar-refractivity contribution is -0.122. The van der Waals surface area contributed by atoms with Gasteiger partial charge in [-0.1, -0.05) is 38.2 Å². The van der Waals surface area contributed by atoms with Crippen LogP contribution in [0.5, 0.6) is 11.5 Å². The van der Waals surface area contributed by atoms with E-state index in [9.17, 15) is 9.59 Å². The lowest BCUT2D eigenvalue weighted by Gasteiger charge is -2.26. The Bertz CT molecular complexity index is 845. The molecule has 0 spiro atoms. The highest BCUT2D eigenvalue weighted by Gasteiger charge is 2.27. The van der Waals surface area contributed by atoms with Crippen LogP contribution in [0, 0.1) is 11.8 Å². The van der Waals surface area contributed by atoms with Gasteiger partial charge >= 0.3 is 0 Å². The van der Waals surface area contributed by atoms with E-state index in [4.69, 9.17) is 19.9 Å². The highest BCUT2D eigenvalue weighted by Crippen LogP contribution is 2.30. The van der Waals surface area contributed by atoms with Crippen LogP contribution >= 0.6 is 0 Å². The van der Waals surface area contributed by atoms with E-state index in [0.29, 0.717) is 49.4 Å². The number of hydrogen-bond acceptors (Lipinski definition) is 6. The minimum atomic E-state index is -0.507. The van der Waals surface area contributed by atoms with Gasteiger partial charge in [0.25, 0.3) is 0 Å². The zero-order chi connectivity index (χ0) is 24.3. The number of benzene rings is 1. The van der Waals surface area contributed by atoms with E-state index in [1.54, 1.807) is 32.4 Å². The highest BCUT2D eigenvalue weighted by atomic mass is 16.5. The molecule has 1 saturated carbocycles. The summed E-state index contributed by atoms with van der Waals surface area (Å²) in [7, 11) is 3.12. The minimum Gasteiger partial charge on any atom is -0.493 e. The second-order valence-electron chi connectivity index (χ2n) is 9.41. The number of nitrogens with one attached hydrogen (secondary N) is 1. The van der Waals surface area contributed by atoms with Gasteiger partial charge in [-0.05, 0) is 48.8 Å². The number of aliphatic imine (C=N–C) groups is 1. The fourth-order valence-electron chi connectivity index (χ4n) is 4.93. The molecule has 0 radical (unpaired) electrons. The van der Waals surface area contributed by atoms with E-state index >= 15 is 0 Å². The number of carbonyl (C=O) groups is 2. The van der Waals surface area contributed by atoms with Gasteiger partial charge in [0.2, 0.25) is 5.91 Å². The predicted octanol–water partition coefficient (Wildman–Crippen LogP) is 3.40. The molecule has 2 aliphatic rings. The summed E-state index contributed by atoms with van der Waals surface area (Å²) in [6.45, 7) is 1.42. The van der Waals surface area contributed by atoms with Gasteiger partial charge in [-0.25, -0.2) is 4.99 Å². The molecule has 3 rings (SSSR count). The predicted molar refractivity (Wildman–Crippen MR) is 131 cm³/mol. The Balaban J connectivity index is 1.63. The second kappa shape index (κ2) is 13.3. The van der Waals surface area contributed by atoms with E-state index in [2.05, 4.69) is 10.3 Å². The van der Waals surface area contributed by atoms with Crippen LogP contribution in [-0.4, -0.2) is 51.1 Å². The summed E-state index contributed by atoms with van der Waals surface area (Å²) in [5.74, 6) is 1.81. The Hall–Kier alpha value is -2.61. The van der Waals surface area contributed by atoms with Crippen LogP contribution in [0.4, 0.5) is 0 Å². The summed E-state index contributed by atoms with van der Waals surface area (Å²) in [6.07, 6.45) is 9.04. The molecule has 1 aliphatic carbocycles. The van der Waals surface area contributed by atoms with Crippen molar-refractivity contribution in [1.29, 1.82) is 0 Å². The second-order valence-corrected chi connectivity index (χ2v) is 9.41. The molecule has 1 aliphatic heterocycles. The van der Waals surface area contributed by atoms with Gasteiger partial charge in [0.15, 0.2) is 23.2 Å². The molecule has 8 nitrogen and oxygen atoms in total. The van der Waals surface area contributed by atoms with E-state index in [1.807, 2.05) is 0 Å². The largest absolute Gasteiger partial charge is 0.493 e. The first-order valence-corrected chi connectivity index (χ1v) is 12.4. The van der Waals surface area contributed by atoms with Crippen molar-refractivity contribution in [1.82, 2.24) is 5.32 Å². The Morgan fingerprint density at radius 3 is 2.44 bits per heavy atom. The fraction of sp³-hybridized carbons (Fsp3) is 0.654. The number of rotatable bonds is 10. The Morgan fingerprint density at radius 1 is 1.06 bits per heavy atom. The topological polar surface area (TPSA) is 112 Å². The number of hydrogen-bond donors (Lipinski definition) is 2. The van der Waals surface area contributed by atoms with Crippen molar-refractivity contribution in [3.8, 4) is 11.5 Å². The molecule has 1 atom stereocenters. The first kappa shape index (κ1) is 26.0. The normalized spacial score (nSPS) is 18.8. The average Bonchev–Trinajstić information content (AvgIpc) is 2.84. The molecule has 0 aromatic heterocycles. The van der Waals surface area contributed by atoms with Crippen LogP contribution in [0.2, 0.25) is 0 Å². The van der Waals surface area contributed by atoms with Crippen molar-refractivity contribution in [3.63, 3.8) is 0 Å². The van der Waals surface area contributed by atoms with Crippen LogP contribution < -0.4 is 20.5 Å². The number of nitrogens with zero attached hydrogens (tertiary/aromatic N) is 1. The van der Waals surface area contributed by atoms with E-state index in [-0.39, 0.29) is 24.1 Å². The van der Waals surface area contributed by atoms with Crippen molar-refractivity contribution in [2.45, 2.75) is 70.3 Å². The molecule has 1 saturated heterocycles. The quantitative estimate of drug-likeness (QED) is 0.398. The SMILES string of the molecule is COc1ccc(CC(=O)NC(N)=N[C@H](CC2CCCCC2)C(=O)CC2CCOCC2)cc1OC. The maximum Gasteiger partial charge on any atom is 0.231 e. The van der Waals surface area contributed by atoms with Crippen molar-refractivity contribution >= 4 is 17.6 Å². The Labute approximate surface area is 202 Å². The van der Waals surface area contributed by atoms with Crippen LogP contribution in [-0.2, 0) is 20.7 Å². The average molecular weight is 474 g/mol. The maximum atomic E-state index is 13.2. The minimum absolute atomic E-state index is 0.00612. The molecule has 1 aromatic carbocycles. The number of ether oxygens (including phenoxy) is 3. The third kappa shape index (κ3) is 8.01. The summed E-state index contributed by atoms with van der Waals surface area (Å²) in [5.41, 5.74) is 6.87. The first-order chi connectivity index (χ1) is 16.5. The third-order valence-electron chi connectivity index (χ3n) is 6.86. The molecular formula is C26H39N3O5. The zero-order valence-electron chi connectivity index (χ0n) is 20.5. The maximum absolute atomic E-state index is 13.2. The number of ketones is 1. The van der Waals surface area contributed by atoms with Crippen LogP contribution in [0.3, 0.4) is 0 Å². The molecule has 34 heavy (non-hydrogen) atoms. The summed E-state index contributed by atoms with van der Waals surface area (Å²) in [5, 5.41) is 2.67. The third-order valence-corrected chi connectivity index (χ3v) is 6.86. The van der Waals surface area contributed by atoms with Gasteiger partial charge in [-0.15, -0.1) is 0 Å². The van der Waals surface area contributed by atoms with Crippen molar-refractivity contribution < 1.29 is 23.8 Å². The summed E-state index contributed by atoms with van der Waals surface area (Å²) >= 11 is 0. The molecule has 1 heterocycles. The first-order valence-electron chi connectivity index (χ1n) is 12.4. The molecule has 0 unspecified atom stereocenters. The van der Waals surface area contributed by atoms with Gasteiger partial charge in [0.1, 0.15) is 6.04 Å². The van der Waals surface area contributed by atoms with Gasteiger partial charge in [-0.3, -0.25) is 14.9 Å². The fourth-order valence-corrected chi connectivity index (χ4v) is 4.93. The van der Waals surface area contributed by atoms with Gasteiger partial charge < -0.3 is 19.9 Å². The van der Waals surface area contributed by atoms with Gasteiger partial charge in [0.05, 0.1) is 20.6 Å². The van der Waals surface area contributed by atoms with E-state index in [0.717, 1.165) is 31.2 Å². The van der Waals surface area contributed by atoms with E-state index in [1.165, 1.54) is 19.3 Å². The molecule has 188 valence electrons.